The van der Waals surface area contributed by atoms with Gasteiger partial charge in [-0.15, -0.1) is 11.3 Å². The van der Waals surface area contributed by atoms with Crippen molar-refractivity contribution in [1.82, 2.24) is 10.3 Å². The average molecular weight is 290 g/mol. The highest BCUT2D eigenvalue weighted by atomic mass is 32.1. The molecule has 2 rings (SSSR count). The van der Waals surface area contributed by atoms with Crippen LogP contribution in [0.1, 0.15) is 36.2 Å². The van der Waals surface area contributed by atoms with Crippen LogP contribution in [0.3, 0.4) is 0 Å². The molecule has 0 fully saturated rings. The van der Waals surface area contributed by atoms with Crippen LogP contribution in [0.25, 0.3) is 0 Å². The van der Waals surface area contributed by atoms with Gasteiger partial charge in [0.2, 0.25) is 0 Å². The van der Waals surface area contributed by atoms with Crippen LogP contribution in [-0.2, 0) is 13.2 Å². The van der Waals surface area contributed by atoms with E-state index in [9.17, 15) is 0 Å². The number of nitrogens with one attached hydrogen (secondary N) is 1. The lowest BCUT2D eigenvalue weighted by atomic mass is 10.1. The van der Waals surface area contributed by atoms with Crippen LogP contribution in [0.15, 0.2) is 30.5 Å². The quantitative estimate of drug-likeness (QED) is 0.906. The van der Waals surface area contributed by atoms with Crippen LogP contribution >= 0.6 is 11.3 Å². The van der Waals surface area contributed by atoms with E-state index < -0.39 is 0 Å². The molecule has 0 bridgehead atoms. The third-order valence-corrected chi connectivity index (χ3v) is 3.68. The van der Waals surface area contributed by atoms with E-state index in [-0.39, 0.29) is 5.54 Å². The van der Waals surface area contributed by atoms with E-state index >= 15 is 0 Å². The van der Waals surface area contributed by atoms with E-state index in [1.165, 1.54) is 5.56 Å². The van der Waals surface area contributed by atoms with E-state index in [4.69, 9.17) is 4.74 Å². The lowest BCUT2D eigenvalue weighted by Crippen LogP contribution is -2.34. The maximum Gasteiger partial charge on any atom is 0.124 e. The second kappa shape index (κ2) is 6.37. The minimum Gasteiger partial charge on any atom is -0.488 e. The number of hydrogen-bond donors (Lipinski definition) is 1. The summed E-state index contributed by atoms with van der Waals surface area (Å²) in [5.41, 5.74) is 1.40. The molecule has 0 aliphatic carbocycles. The highest BCUT2D eigenvalue weighted by molar-refractivity contribution is 7.11. The number of ether oxygens (including phenoxy) is 1. The second-order valence-corrected chi connectivity index (χ2v) is 7.20. The number of thiazole rings is 1. The number of nitrogens with zero attached hydrogens (tertiary/aromatic N) is 1. The fourth-order valence-electron chi connectivity index (χ4n) is 1.70. The molecule has 1 aromatic carbocycles. The molecule has 0 unspecified atom stereocenters. The molecule has 20 heavy (non-hydrogen) atoms. The molecule has 0 radical (unpaired) electrons. The largest absolute Gasteiger partial charge is 0.488 e. The maximum atomic E-state index is 5.76. The Bertz CT molecular complexity index is 540. The van der Waals surface area contributed by atoms with Crippen molar-refractivity contribution in [2.24, 2.45) is 0 Å². The second-order valence-electron chi connectivity index (χ2n) is 5.88. The van der Waals surface area contributed by atoms with E-state index in [2.05, 4.69) is 43.2 Å². The zero-order valence-corrected chi connectivity index (χ0v) is 13.4. The molecule has 0 aliphatic heterocycles. The molecule has 1 N–H and O–H groups in total. The summed E-state index contributed by atoms with van der Waals surface area (Å²) in [6.07, 6.45) is 1.88. The number of rotatable bonds is 5. The van der Waals surface area contributed by atoms with Crippen molar-refractivity contribution in [2.75, 3.05) is 0 Å². The molecular formula is C16H22N2OS. The van der Waals surface area contributed by atoms with Gasteiger partial charge in [-0.3, -0.25) is 0 Å². The molecule has 0 amide bonds. The van der Waals surface area contributed by atoms with E-state index in [1.807, 2.05) is 25.3 Å². The third kappa shape index (κ3) is 4.94. The minimum atomic E-state index is 0.138. The predicted molar refractivity (Wildman–Crippen MR) is 84.2 cm³/mol. The summed E-state index contributed by atoms with van der Waals surface area (Å²) in [5.74, 6) is 0.899. The first-order chi connectivity index (χ1) is 9.42. The Labute approximate surface area is 125 Å². The third-order valence-electron chi connectivity index (χ3n) is 2.80. The molecule has 1 heterocycles. The summed E-state index contributed by atoms with van der Waals surface area (Å²) in [6, 6.07) is 8.25. The van der Waals surface area contributed by atoms with Crippen molar-refractivity contribution >= 4 is 11.3 Å². The van der Waals surface area contributed by atoms with Crippen molar-refractivity contribution in [1.29, 1.82) is 0 Å². The number of benzene rings is 1. The first-order valence-electron chi connectivity index (χ1n) is 6.80. The normalized spacial score (nSPS) is 11.6. The highest BCUT2D eigenvalue weighted by Gasteiger charge is 2.08. The Balaban J connectivity index is 1.85. The van der Waals surface area contributed by atoms with Gasteiger partial charge in [-0.05, 0) is 45.4 Å². The molecule has 0 saturated carbocycles. The topological polar surface area (TPSA) is 34.1 Å². The van der Waals surface area contributed by atoms with Crippen molar-refractivity contribution in [3.05, 3.63) is 45.9 Å². The molecule has 2 aromatic rings. The molecule has 4 heteroatoms. The Hall–Kier alpha value is -1.39. The predicted octanol–water partition coefficient (Wildman–Crippen LogP) is 3.92. The Morgan fingerprint density at radius 1 is 1.20 bits per heavy atom. The summed E-state index contributed by atoms with van der Waals surface area (Å²) in [6.45, 7) is 9.97. The van der Waals surface area contributed by atoms with Crippen LogP contribution in [0.2, 0.25) is 0 Å². The van der Waals surface area contributed by atoms with Gasteiger partial charge in [0.25, 0.3) is 0 Å². The summed E-state index contributed by atoms with van der Waals surface area (Å²) in [5, 5.41) is 4.55. The average Bonchev–Trinajstić information content (AvgIpc) is 2.80. The Kier molecular flexibility index (Phi) is 4.78. The smallest absolute Gasteiger partial charge is 0.124 e. The van der Waals surface area contributed by atoms with Crippen molar-refractivity contribution in [3.8, 4) is 5.75 Å². The monoisotopic (exact) mass is 290 g/mol. The molecule has 3 nitrogen and oxygen atoms in total. The van der Waals surface area contributed by atoms with Gasteiger partial charge in [-0.2, -0.15) is 0 Å². The van der Waals surface area contributed by atoms with Gasteiger partial charge in [0.1, 0.15) is 12.4 Å². The van der Waals surface area contributed by atoms with Gasteiger partial charge >= 0.3 is 0 Å². The lowest BCUT2D eigenvalue weighted by molar-refractivity contribution is 0.309. The van der Waals surface area contributed by atoms with Gasteiger partial charge < -0.3 is 10.1 Å². The number of aryl methyl sites for hydroxylation is 1. The molecule has 0 saturated heterocycles. The van der Waals surface area contributed by atoms with Crippen LogP contribution in [0.5, 0.6) is 5.75 Å². The molecule has 0 atom stereocenters. The first kappa shape index (κ1) is 15.0. The van der Waals surface area contributed by atoms with Gasteiger partial charge in [0, 0.05) is 18.3 Å². The molecule has 108 valence electrons. The van der Waals surface area contributed by atoms with Gasteiger partial charge in [-0.1, -0.05) is 12.1 Å². The number of aromatic nitrogens is 1. The SMILES string of the molecule is Cc1ncc(COc2ccc(CNC(C)(C)C)cc2)s1. The van der Waals surface area contributed by atoms with Crippen molar-refractivity contribution in [2.45, 2.75) is 46.4 Å². The van der Waals surface area contributed by atoms with Crippen molar-refractivity contribution in [3.63, 3.8) is 0 Å². The standard InChI is InChI=1S/C16H22N2OS/c1-12-17-10-15(20-12)11-19-14-7-5-13(6-8-14)9-18-16(2,3)4/h5-8,10,18H,9,11H2,1-4H3. The first-order valence-corrected chi connectivity index (χ1v) is 7.62. The fraction of sp³-hybridized carbons (Fsp3) is 0.438. The van der Waals surface area contributed by atoms with Gasteiger partial charge in [-0.25, -0.2) is 4.98 Å². The van der Waals surface area contributed by atoms with Crippen LogP contribution in [0.4, 0.5) is 0 Å². The van der Waals surface area contributed by atoms with Crippen molar-refractivity contribution < 1.29 is 4.74 Å². The summed E-state index contributed by atoms with van der Waals surface area (Å²) >= 11 is 1.67. The van der Waals surface area contributed by atoms with Gasteiger partial charge in [0.15, 0.2) is 0 Å². The lowest BCUT2D eigenvalue weighted by Gasteiger charge is -2.20. The van der Waals surface area contributed by atoms with E-state index in [0.717, 1.165) is 22.2 Å². The molecular weight excluding hydrogens is 268 g/mol. The molecule has 0 aliphatic rings. The molecule has 1 aromatic heterocycles. The summed E-state index contributed by atoms with van der Waals surface area (Å²) in [7, 11) is 0. The Morgan fingerprint density at radius 3 is 2.45 bits per heavy atom. The fourth-order valence-corrected chi connectivity index (χ4v) is 2.41. The number of hydrogen-bond acceptors (Lipinski definition) is 4. The zero-order chi connectivity index (χ0) is 14.6. The minimum absolute atomic E-state index is 0.138. The maximum absolute atomic E-state index is 5.76. The molecule has 0 spiro atoms. The van der Waals surface area contributed by atoms with Crippen LogP contribution in [-0.4, -0.2) is 10.5 Å². The summed E-state index contributed by atoms with van der Waals surface area (Å²) < 4.78 is 5.76. The highest BCUT2D eigenvalue weighted by Crippen LogP contribution is 2.17. The van der Waals surface area contributed by atoms with Gasteiger partial charge in [0.05, 0.1) is 9.88 Å². The van der Waals surface area contributed by atoms with Crippen LogP contribution in [0, 0.1) is 6.92 Å². The van der Waals surface area contributed by atoms with Crippen LogP contribution < -0.4 is 10.1 Å². The van der Waals surface area contributed by atoms with E-state index in [1.54, 1.807) is 11.3 Å². The Morgan fingerprint density at radius 2 is 1.90 bits per heavy atom. The summed E-state index contributed by atoms with van der Waals surface area (Å²) in [4.78, 5) is 5.37. The van der Waals surface area contributed by atoms with E-state index in [0.29, 0.717) is 6.61 Å². The zero-order valence-electron chi connectivity index (χ0n) is 12.6.